The molecule has 0 N–H and O–H groups in total. The van der Waals surface area contributed by atoms with Crippen molar-refractivity contribution in [3.05, 3.63) is 41.0 Å². The van der Waals surface area contributed by atoms with Gasteiger partial charge < -0.3 is 0 Å². The monoisotopic (exact) mass is 267 g/mol. The Morgan fingerprint density at radius 1 is 1.24 bits per heavy atom. The average Bonchev–Trinajstić information content (AvgIpc) is 2.28. The standard InChI is InChI=1S/C14H15Cl2N/c1-9(2)13(16)7-10-5-6-17-14-8-11(15)3-4-12(10)14/h3-6,8-9,13H,7H2,1-2H3. The maximum Gasteiger partial charge on any atom is 0.0719 e. The highest BCUT2D eigenvalue weighted by Gasteiger charge is 2.12. The van der Waals surface area contributed by atoms with Crippen LogP contribution in [0.4, 0.5) is 0 Å². The Kier molecular flexibility index (Phi) is 3.90. The van der Waals surface area contributed by atoms with Crippen molar-refractivity contribution in [1.82, 2.24) is 4.98 Å². The summed E-state index contributed by atoms with van der Waals surface area (Å²) in [7, 11) is 0. The van der Waals surface area contributed by atoms with E-state index in [9.17, 15) is 0 Å². The molecule has 0 fully saturated rings. The summed E-state index contributed by atoms with van der Waals surface area (Å²) in [5.74, 6) is 0.465. The average molecular weight is 268 g/mol. The first-order valence-corrected chi connectivity index (χ1v) is 6.56. The van der Waals surface area contributed by atoms with E-state index in [1.807, 2.05) is 30.5 Å². The lowest BCUT2D eigenvalue weighted by molar-refractivity contribution is 0.597. The Hall–Kier alpha value is -0.790. The van der Waals surface area contributed by atoms with E-state index in [1.54, 1.807) is 0 Å². The molecule has 0 saturated heterocycles. The largest absolute Gasteiger partial charge is 0.256 e. The van der Waals surface area contributed by atoms with Gasteiger partial charge in [-0.1, -0.05) is 31.5 Å². The third kappa shape index (κ3) is 2.91. The molecule has 0 radical (unpaired) electrons. The Bertz CT molecular complexity index is 523. The first kappa shape index (κ1) is 12.7. The molecule has 0 spiro atoms. The fourth-order valence-corrected chi connectivity index (χ4v) is 2.14. The van der Waals surface area contributed by atoms with E-state index in [-0.39, 0.29) is 5.38 Å². The molecule has 17 heavy (non-hydrogen) atoms. The van der Waals surface area contributed by atoms with E-state index in [1.165, 1.54) is 5.56 Å². The molecule has 0 saturated carbocycles. The maximum atomic E-state index is 6.34. The molecule has 1 nitrogen and oxygen atoms in total. The quantitative estimate of drug-likeness (QED) is 0.735. The van der Waals surface area contributed by atoms with Crippen molar-refractivity contribution in [1.29, 1.82) is 0 Å². The third-order valence-electron chi connectivity index (χ3n) is 2.93. The van der Waals surface area contributed by atoms with Crippen LogP contribution in [0.15, 0.2) is 30.5 Å². The summed E-state index contributed by atoms with van der Waals surface area (Å²) in [6.07, 6.45) is 2.68. The Morgan fingerprint density at radius 3 is 2.71 bits per heavy atom. The zero-order valence-corrected chi connectivity index (χ0v) is 11.5. The van der Waals surface area contributed by atoms with Gasteiger partial charge in [0.25, 0.3) is 0 Å². The van der Waals surface area contributed by atoms with Crippen LogP contribution in [-0.4, -0.2) is 10.4 Å². The van der Waals surface area contributed by atoms with Gasteiger partial charge in [0.2, 0.25) is 0 Å². The van der Waals surface area contributed by atoms with Gasteiger partial charge in [-0.2, -0.15) is 0 Å². The van der Waals surface area contributed by atoms with Gasteiger partial charge in [0, 0.05) is 22.0 Å². The Balaban J connectivity index is 2.41. The normalized spacial score (nSPS) is 13.2. The van der Waals surface area contributed by atoms with Crippen LogP contribution in [0, 0.1) is 5.92 Å². The highest BCUT2D eigenvalue weighted by molar-refractivity contribution is 6.31. The van der Waals surface area contributed by atoms with Crippen molar-refractivity contribution in [2.75, 3.05) is 0 Å². The highest BCUT2D eigenvalue weighted by atomic mass is 35.5. The number of hydrogen-bond donors (Lipinski definition) is 0. The molecule has 90 valence electrons. The van der Waals surface area contributed by atoms with Gasteiger partial charge >= 0.3 is 0 Å². The number of alkyl halides is 1. The summed E-state index contributed by atoms with van der Waals surface area (Å²) in [4.78, 5) is 4.33. The molecule has 1 atom stereocenters. The zero-order chi connectivity index (χ0) is 12.4. The van der Waals surface area contributed by atoms with E-state index < -0.39 is 0 Å². The van der Waals surface area contributed by atoms with Gasteiger partial charge in [0.15, 0.2) is 0 Å². The fraction of sp³-hybridized carbons (Fsp3) is 0.357. The van der Waals surface area contributed by atoms with E-state index in [0.29, 0.717) is 10.9 Å². The van der Waals surface area contributed by atoms with Crippen LogP contribution in [0.2, 0.25) is 5.02 Å². The molecule has 3 heteroatoms. The van der Waals surface area contributed by atoms with Crippen molar-refractivity contribution in [3.63, 3.8) is 0 Å². The molecule has 1 aromatic heterocycles. The van der Waals surface area contributed by atoms with Gasteiger partial charge in [-0.15, -0.1) is 11.6 Å². The summed E-state index contributed by atoms with van der Waals surface area (Å²) >= 11 is 12.3. The topological polar surface area (TPSA) is 12.9 Å². The second-order valence-corrected chi connectivity index (χ2v) is 5.59. The lowest BCUT2D eigenvalue weighted by Gasteiger charge is -2.14. The van der Waals surface area contributed by atoms with Gasteiger partial charge in [-0.3, -0.25) is 4.98 Å². The van der Waals surface area contributed by atoms with Gasteiger partial charge in [-0.25, -0.2) is 0 Å². The number of fused-ring (bicyclic) bond motifs is 1. The molecule has 1 unspecified atom stereocenters. The molecule has 0 aliphatic heterocycles. The summed E-state index contributed by atoms with van der Waals surface area (Å²) in [6.45, 7) is 4.27. The van der Waals surface area contributed by atoms with Crippen LogP contribution in [0.5, 0.6) is 0 Å². The number of aromatic nitrogens is 1. The predicted octanol–water partition coefficient (Wildman–Crippen LogP) is 4.69. The summed E-state index contributed by atoms with van der Waals surface area (Å²) in [5.41, 5.74) is 2.17. The first-order chi connectivity index (χ1) is 8.08. The minimum absolute atomic E-state index is 0.149. The minimum Gasteiger partial charge on any atom is -0.256 e. The van der Waals surface area contributed by atoms with Crippen LogP contribution in [0.3, 0.4) is 0 Å². The molecule has 0 amide bonds. The van der Waals surface area contributed by atoms with Crippen molar-refractivity contribution < 1.29 is 0 Å². The molecular formula is C14H15Cl2N. The molecule has 1 aromatic carbocycles. The van der Waals surface area contributed by atoms with Crippen molar-refractivity contribution in [3.8, 4) is 0 Å². The fourth-order valence-electron chi connectivity index (χ4n) is 1.80. The Morgan fingerprint density at radius 2 is 2.00 bits per heavy atom. The highest BCUT2D eigenvalue weighted by Crippen LogP contribution is 2.24. The van der Waals surface area contributed by atoms with Crippen molar-refractivity contribution in [2.24, 2.45) is 5.92 Å². The molecule has 0 aliphatic carbocycles. The minimum atomic E-state index is 0.149. The van der Waals surface area contributed by atoms with Crippen LogP contribution in [0.25, 0.3) is 10.9 Å². The molecule has 0 aliphatic rings. The second-order valence-electron chi connectivity index (χ2n) is 4.60. The number of nitrogens with zero attached hydrogens (tertiary/aromatic N) is 1. The Labute approximate surface area is 112 Å². The molecule has 2 aromatic rings. The molecular weight excluding hydrogens is 253 g/mol. The number of pyridine rings is 1. The lowest BCUT2D eigenvalue weighted by atomic mass is 9.99. The summed E-state index contributed by atoms with van der Waals surface area (Å²) in [5, 5.41) is 2.01. The number of benzene rings is 1. The molecule has 2 rings (SSSR count). The van der Waals surface area contributed by atoms with Crippen molar-refractivity contribution >= 4 is 34.1 Å². The van der Waals surface area contributed by atoms with Gasteiger partial charge in [0.1, 0.15) is 0 Å². The van der Waals surface area contributed by atoms with E-state index in [2.05, 4.69) is 18.8 Å². The van der Waals surface area contributed by atoms with Crippen molar-refractivity contribution in [2.45, 2.75) is 25.6 Å². The smallest absolute Gasteiger partial charge is 0.0719 e. The molecule has 0 bridgehead atoms. The molecule has 1 heterocycles. The zero-order valence-electron chi connectivity index (χ0n) is 9.95. The summed E-state index contributed by atoms with van der Waals surface area (Å²) < 4.78 is 0. The van der Waals surface area contributed by atoms with Gasteiger partial charge in [-0.05, 0) is 36.1 Å². The van der Waals surface area contributed by atoms with Crippen LogP contribution < -0.4 is 0 Å². The number of rotatable bonds is 3. The van der Waals surface area contributed by atoms with E-state index in [0.717, 1.165) is 17.3 Å². The first-order valence-electron chi connectivity index (χ1n) is 5.75. The van der Waals surface area contributed by atoms with E-state index in [4.69, 9.17) is 23.2 Å². The van der Waals surface area contributed by atoms with Gasteiger partial charge in [0.05, 0.1) is 5.52 Å². The SMILES string of the molecule is CC(C)C(Cl)Cc1ccnc2cc(Cl)ccc12. The number of halogens is 2. The van der Waals surface area contributed by atoms with Crippen LogP contribution in [0.1, 0.15) is 19.4 Å². The number of hydrogen-bond acceptors (Lipinski definition) is 1. The predicted molar refractivity (Wildman–Crippen MR) is 74.9 cm³/mol. The lowest BCUT2D eigenvalue weighted by Crippen LogP contribution is -2.11. The maximum absolute atomic E-state index is 6.34. The third-order valence-corrected chi connectivity index (χ3v) is 3.83. The summed E-state index contributed by atoms with van der Waals surface area (Å²) in [6, 6.07) is 7.84. The second kappa shape index (κ2) is 5.24. The van der Waals surface area contributed by atoms with Crippen LogP contribution >= 0.6 is 23.2 Å². The van der Waals surface area contributed by atoms with Crippen LogP contribution in [-0.2, 0) is 6.42 Å². The van der Waals surface area contributed by atoms with E-state index >= 15 is 0 Å².